The summed E-state index contributed by atoms with van der Waals surface area (Å²) in [6, 6.07) is 7.27. The Morgan fingerprint density at radius 2 is 1.60 bits per heavy atom. The van der Waals surface area contributed by atoms with E-state index in [-0.39, 0.29) is 5.41 Å². The fraction of sp³-hybridized carbons (Fsp3) is 0.724. The van der Waals surface area contributed by atoms with Gasteiger partial charge in [0.25, 0.3) is 0 Å². The van der Waals surface area contributed by atoms with Gasteiger partial charge >= 0.3 is 0 Å². The summed E-state index contributed by atoms with van der Waals surface area (Å²) in [7, 11) is 0. The van der Waals surface area contributed by atoms with Crippen molar-refractivity contribution in [2.24, 2.45) is 5.92 Å². The van der Waals surface area contributed by atoms with E-state index < -0.39 is 0 Å². The highest BCUT2D eigenvalue weighted by atomic mass is 32.2. The molecule has 30 heavy (non-hydrogen) atoms. The monoisotopic (exact) mass is 428 g/mol. The molecule has 0 fully saturated rings. The molecule has 1 aliphatic carbocycles. The Kier molecular flexibility index (Phi) is 9.59. The van der Waals surface area contributed by atoms with Crippen LogP contribution in [0.15, 0.2) is 23.6 Å². The van der Waals surface area contributed by atoms with E-state index in [1.807, 2.05) is 11.8 Å². The third kappa shape index (κ3) is 6.91. The number of rotatable bonds is 11. The predicted octanol–water partition coefficient (Wildman–Crippen LogP) is 9.90. The molecule has 2 unspecified atom stereocenters. The van der Waals surface area contributed by atoms with Gasteiger partial charge in [0.05, 0.1) is 0 Å². The minimum absolute atomic E-state index is 0.286. The van der Waals surface area contributed by atoms with Gasteiger partial charge < -0.3 is 0 Å². The largest absolute Gasteiger partial charge is 0.131 e. The quantitative estimate of drug-likeness (QED) is 0.338. The number of hydrogen-bond donors (Lipinski definition) is 0. The predicted molar refractivity (Wildman–Crippen MR) is 140 cm³/mol. The highest BCUT2D eigenvalue weighted by Gasteiger charge is 2.36. The fourth-order valence-electron chi connectivity index (χ4n) is 4.99. The molecule has 2 atom stereocenters. The van der Waals surface area contributed by atoms with Crippen molar-refractivity contribution in [2.75, 3.05) is 0 Å². The van der Waals surface area contributed by atoms with E-state index in [0.29, 0.717) is 10.7 Å². The van der Waals surface area contributed by atoms with E-state index in [2.05, 4.69) is 79.0 Å². The van der Waals surface area contributed by atoms with Crippen molar-refractivity contribution in [3.63, 3.8) is 0 Å². The van der Waals surface area contributed by atoms with Crippen molar-refractivity contribution in [1.29, 1.82) is 0 Å². The summed E-state index contributed by atoms with van der Waals surface area (Å²) >= 11 is 2.04. The molecule has 0 heterocycles. The summed E-state index contributed by atoms with van der Waals surface area (Å²) in [4.78, 5) is 0. The fourth-order valence-corrected chi connectivity index (χ4v) is 5.84. The molecule has 0 spiro atoms. The lowest BCUT2D eigenvalue weighted by Gasteiger charge is -2.42. The van der Waals surface area contributed by atoms with Crippen molar-refractivity contribution in [2.45, 2.75) is 129 Å². The number of allylic oxidation sites excluding steroid dienone is 1. The summed E-state index contributed by atoms with van der Waals surface area (Å²) < 4.78 is 0. The number of benzene rings is 1. The average Bonchev–Trinajstić information content (AvgIpc) is 2.71. The molecule has 0 bridgehead atoms. The van der Waals surface area contributed by atoms with Crippen LogP contribution in [0.25, 0.3) is 5.57 Å². The van der Waals surface area contributed by atoms with Gasteiger partial charge in [0.15, 0.2) is 0 Å². The first kappa shape index (κ1) is 25.6. The van der Waals surface area contributed by atoms with Crippen LogP contribution in [-0.4, -0.2) is 5.25 Å². The Balaban J connectivity index is 2.02. The van der Waals surface area contributed by atoms with Crippen LogP contribution in [0, 0.1) is 5.92 Å². The van der Waals surface area contributed by atoms with E-state index in [1.165, 1.54) is 68.9 Å². The van der Waals surface area contributed by atoms with Gasteiger partial charge in [-0.25, -0.2) is 0 Å². The maximum Gasteiger partial charge on any atom is 0.00603 e. The molecule has 2 rings (SSSR count). The zero-order chi connectivity index (χ0) is 22.4. The van der Waals surface area contributed by atoms with E-state index in [1.54, 1.807) is 11.1 Å². The Hall–Kier alpha value is -0.690. The molecule has 0 amide bonds. The Morgan fingerprint density at radius 3 is 2.23 bits per heavy atom. The van der Waals surface area contributed by atoms with E-state index in [0.717, 1.165) is 5.92 Å². The molecule has 1 aliphatic rings. The maximum atomic E-state index is 2.50. The molecule has 0 saturated heterocycles. The molecule has 0 nitrogen and oxygen atoms in total. The topological polar surface area (TPSA) is 0 Å². The first-order valence-corrected chi connectivity index (χ1v) is 13.5. The van der Waals surface area contributed by atoms with Crippen molar-refractivity contribution < 1.29 is 0 Å². The minimum Gasteiger partial charge on any atom is -0.131 e. The number of fused-ring (bicyclic) bond motifs is 1. The Bertz CT molecular complexity index is 694. The highest BCUT2D eigenvalue weighted by molar-refractivity contribution is 8.02. The lowest BCUT2D eigenvalue weighted by atomic mass is 9.63. The van der Waals surface area contributed by atoms with Crippen LogP contribution in [0.2, 0.25) is 0 Å². The van der Waals surface area contributed by atoms with E-state index >= 15 is 0 Å². The molecular formula is C29H48S. The standard InChI is InChI=1S/C29H48S/c1-9-11-13-24(12-10-2)15-14-23(4)30-21-22(3)25-16-17-26-27(20-25)29(7,8)19-18-28(26,5)6/h16-17,20-21,23-24H,9-15,18-19H2,1-8H3/b22-21+. The van der Waals surface area contributed by atoms with E-state index in [9.17, 15) is 0 Å². The van der Waals surface area contributed by atoms with Crippen LogP contribution in [0.3, 0.4) is 0 Å². The summed E-state index contributed by atoms with van der Waals surface area (Å²) in [5, 5.41) is 3.13. The van der Waals surface area contributed by atoms with Crippen LogP contribution < -0.4 is 0 Å². The smallest absolute Gasteiger partial charge is 0.00603 e. The van der Waals surface area contributed by atoms with Gasteiger partial charge in [-0.3, -0.25) is 0 Å². The average molecular weight is 429 g/mol. The van der Waals surface area contributed by atoms with Crippen LogP contribution in [-0.2, 0) is 10.8 Å². The zero-order valence-corrected chi connectivity index (χ0v) is 22.1. The van der Waals surface area contributed by atoms with Crippen LogP contribution in [0.1, 0.15) is 130 Å². The van der Waals surface area contributed by atoms with Crippen molar-refractivity contribution in [1.82, 2.24) is 0 Å². The molecule has 0 aliphatic heterocycles. The van der Waals surface area contributed by atoms with Crippen LogP contribution in [0.5, 0.6) is 0 Å². The summed E-state index contributed by atoms with van der Waals surface area (Å²) in [6.45, 7) is 19.0. The van der Waals surface area contributed by atoms with Crippen molar-refractivity contribution in [3.8, 4) is 0 Å². The number of unbranched alkanes of at least 4 members (excludes halogenated alkanes) is 1. The normalized spacial score (nSPS) is 19.9. The van der Waals surface area contributed by atoms with Gasteiger partial charge in [0, 0.05) is 5.25 Å². The molecule has 0 radical (unpaired) electrons. The molecular weight excluding hydrogens is 380 g/mol. The first-order chi connectivity index (χ1) is 14.1. The van der Waals surface area contributed by atoms with Gasteiger partial charge in [-0.2, -0.15) is 0 Å². The van der Waals surface area contributed by atoms with E-state index in [4.69, 9.17) is 0 Å². The van der Waals surface area contributed by atoms with Gasteiger partial charge in [-0.1, -0.05) is 98.8 Å². The molecule has 0 aromatic heterocycles. The summed E-state index contributed by atoms with van der Waals surface area (Å²) in [5.41, 5.74) is 6.55. The van der Waals surface area contributed by atoms with Crippen molar-refractivity contribution >= 4 is 17.3 Å². The number of hydrogen-bond acceptors (Lipinski definition) is 1. The summed E-state index contributed by atoms with van der Waals surface area (Å²) in [5.74, 6) is 0.939. The number of thioether (sulfide) groups is 1. The molecule has 0 N–H and O–H groups in total. The first-order valence-electron chi connectivity index (χ1n) is 12.6. The molecule has 1 aromatic rings. The lowest BCUT2D eigenvalue weighted by molar-refractivity contribution is 0.332. The van der Waals surface area contributed by atoms with Crippen LogP contribution in [0.4, 0.5) is 0 Å². The third-order valence-corrected chi connectivity index (χ3v) is 8.62. The third-order valence-electron chi connectivity index (χ3n) is 7.43. The molecule has 0 saturated carbocycles. The maximum absolute atomic E-state index is 2.50. The second kappa shape index (κ2) is 11.3. The molecule has 1 heteroatoms. The van der Waals surface area contributed by atoms with Gasteiger partial charge in [-0.15, -0.1) is 11.8 Å². The minimum atomic E-state index is 0.286. The van der Waals surface area contributed by atoms with Gasteiger partial charge in [0.2, 0.25) is 0 Å². The van der Waals surface area contributed by atoms with Gasteiger partial charge in [-0.05, 0) is 77.0 Å². The SMILES string of the molecule is CCCCC(CCC)CCC(C)S/C=C(\C)c1ccc2c(c1)C(C)(C)CCC2(C)C. The molecule has 1 aromatic carbocycles. The van der Waals surface area contributed by atoms with Crippen molar-refractivity contribution in [3.05, 3.63) is 40.3 Å². The van der Waals surface area contributed by atoms with Crippen LogP contribution >= 0.6 is 11.8 Å². The molecule has 170 valence electrons. The second-order valence-electron chi connectivity index (χ2n) is 11.1. The summed E-state index contributed by atoms with van der Waals surface area (Å²) in [6.07, 6.45) is 12.2. The highest BCUT2D eigenvalue weighted by Crippen LogP contribution is 2.46. The Labute approximate surface area is 192 Å². The lowest BCUT2D eigenvalue weighted by Crippen LogP contribution is -2.33. The second-order valence-corrected chi connectivity index (χ2v) is 12.5. The Morgan fingerprint density at radius 1 is 0.933 bits per heavy atom. The van der Waals surface area contributed by atoms with Gasteiger partial charge in [0.1, 0.15) is 0 Å². The zero-order valence-electron chi connectivity index (χ0n) is 21.2.